The third-order valence-electron chi connectivity index (χ3n) is 3.53. The fourth-order valence-electron chi connectivity index (χ4n) is 2.57. The Balaban J connectivity index is 2.13. The molecule has 2 N–H and O–H groups in total. The number of sulfonamides is 1. The molecule has 1 aromatic rings. The molecule has 0 amide bonds. The summed E-state index contributed by atoms with van der Waals surface area (Å²) in [6.45, 7) is 1.87. The molecule has 1 unspecified atom stereocenters. The Kier molecular flexibility index (Phi) is 5.37. The molecule has 1 atom stereocenters. The van der Waals surface area contributed by atoms with Crippen molar-refractivity contribution in [3.63, 3.8) is 0 Å². The third-order valence-corrected chi connectivity index (χ3v) is 6.95. The van der Waals surface area contributed by atoms with Crippen LogP contribution in [0.2, 0.25) is 0 Å². The van der Waals surface area contributed by atoms with E-state index in [1.54, 1.807) is 6.07 Å². The van der Waals surface area contributed by atoms with Gasteiger partial charge in [0.25, 0.3) is 10.0 Å². The molecule has 0 bridgehead atoms. The van der Waals surface area contributed by atoms with Gasteiger partial charge in [0.15, 0.2) is 0 Å². The van der Waals surface area contributed by atoms with Crippen molar-refractivity contribution in [3.8, 4) is 0 Å². The highest BCUT2D eigenvalue weighted by molar-refractivity contribution is 7.91. The van der Waals surface area contributed by atoms with E-state index in [9.17, 15) is 13.2 Å². The first-order valence-corrected chi connectivity index (χ1v) is 9.14. The molecule has 8 heteroatoms. The minimum Gasteiger partial charge on any atom is -0.481 e. The van der Waals surface area contributed by atoms with Crippen LogP contribution in [0.25, 0.3) is 0 Å². The van der Waals surface area contributed by atoms with Crippen molar-refractivity contribution in [1.29, 1.82) is 0 Å². The minimum absolute atomic E-state index is 0.136. The number of thiophene rings is 1. The van der Waals surface area contributed by atoms with Crippen molar-refractivity contribution >= 4 is 27.3 Å². The Morgan fingerprint density at radius 3 is 2.95 bits per heavy atom. The maximum Gasteiger partial charge on any atom is 0.308 e. The van der Waals surface area contributed by atoms with Crippen LogP contribution in [-0.2, 0) is 21.2 Å². The van der Waals surface area contributed by atoms with Crippen LogP contribution in [0.15, 0.2) is 16.3 Å². The van der Waals surface area contributed by atoms with Gasteiger partial charge in [-0.05, 0) is 44.5 Å². The van der Waals surface area contributed by atoms with Crippen molar-refractivity contribution in [2.45, 2.75) is 23.5 Å². The van der Waals surface area contributed by atoms with Gasteiger partial charge in [-0.25, -0.2) is 8.42 Å². The molecule has 0 saturated carbocycles. The number of nitrogens with zero attached hydrogens (tertiary/aromatic N) is 1. The molecule has 6 nitrogen and oxygen atoms in total. The lowest BCUT2D eigenvalue weighted by Crippen LogP contribution is -2.42. The summed E-state index contributed by atoms with van der Waals surface area (Å²) in [6, 6.07) is 3.10. The molecule has 2 heterocycles. The molecular formula is C13H20N2O4S2. The predicted molar refractivity (Wildman–Crippen MR) is 81.1 cm³/mol. The van der Waals surface area contributed by atoms with E-state index in [1.807, 2.05) is 7.05 Å². The second kappa shape index (κ2) is 6.87. The maximum atomic E-state index is 12.6. The summed E-state index contributed by atoms with van der Waals surface area (Å²) in [4.78, 5) is 11.2. The topological polar surface area (TPSA) is 86.7 Å². The summed E-state index contributed by atoms with van der Waals surface area (Å²) < 4.78 is 27.0. The number of hydrogen-bond donors (Lipinski definition) is 2. The molecule has 0 spiro atoms. The highest BCUT2D eigenvalue weighted by Crippen LogP contribution is 2.28. The number of piperidine rings is 1. The second-order valence-corrected chi connectivity index (χ2v) is 8.55. The van der Waals surface area contributed by atoms with Gasteiger partial charge in [0.2, 0.25) is 0 Å². The summed E-state index contributed by atoms with van der Waals surface area (Å²) in [6.07, 6.45) is 1.75. The first-order valence-electron chi connectivity index (χ1n) is 6.88. The van der Waals surface area contributed by atoms with E-state index in [1.165, 1.54) is 10.4 Å². The van der Waals surface area contributed by atoms with Crippen LogP contribution >= 0.6 is 11.3 Å². The Morgan fingerprint density at radius 2 is 2.29 bits per heavy atom. The van der Waals surface area contributed by atoms with Crippen molar-refractivity contribution in [3.05, 3.63) is 17.0 Å². The molecule has 1 aliphatic heterocycles. The lowest BCUT2D eigenvalue weighted by atomic mass is 10.00. The number of rotatable bonds is 6. The molecule has 0 aliphatic carbocycles. The van der Waals surface area contributed by atoms with Crippen LogP contribution in [0.5, 0.6) is 0 Å². The molecule has 0 radical (unpaired) electrons. The number of nitrogens with one attached hydrogen (secondary N) is 1. The average molecular weight is 332 g/mol. The molecule has 1 saturated heterocycles. The van der Waals surface area contributed by atoms with Gasteiger partial charge in [-0.3, -0.25) is 4.79 Å². The molecule has 0 aromatic carbocycles. The van der Waals surface area contributed by atoms with E-state index in [2.05, 4.69) is 5.32 Å². The fourth-order valence-corrected chi connectivity index (χ4v) is 5.62. The number of aliphatic carboxylic acids is 1. The zero-order valence-corrected chi connectivity index (χ0v) is 13.5. The molecule has 2 rings (SSSR count). The first-order chi connectivity index (χ1) is 9.93. The largest absolute Gasteiger partial charge is 0.481 e. The van der Waals surface area contributed by atoms with Gasteiger partial charge < -0.3 is 10.4 Å². The number of carboxylic acid groups (broad SMARTS) is 1. The monoisotopic (exact) mass is 332 g/mol. The quantitative estimate of drug-likeness (QED) is 0.811. The SMILES string of the molecule is CNCC1CCCN(S(=O)(=O)c2ccc(CC(=O)O)s2)C1. The van der Waals surface area contributed by atoms with Gasteiger partial charge in [0.1, 0.15) is 4.21 Å². The van der Waals surface area contributed by atoms with Gasteiger partial charge in [-0.2, -0.15) is 4.31 Å². The average Bonchev–Trinajstić information content (AvgIpc) is 2.88. The molecule has 118 valence electrons. The van der Waals surface area contributed by atoms with Gasteiger partial charge in [0, 0.05) is 18.0 Å². The molecule has 1 aromatic heterocycles. The Morgan fingerprint density at radius 1 is 1.52 bits per heavy atom. The van der Waals surface area contributed by atoms with Gasteiger partial charge in [0.05, 0.1) is 6.42 Å². The highest BCUT2D eigenvalue weighted by Gasteiger charge is 2.31. The molecule has 1 fully saturated rings. The second-order valence-electron chi connectivity index (χ2n) is 5.22. The highest BCUT2D eigenvalue weighted by atomic mass is 32.2. The van der Waals surface area contributed by atoms with Gasteiger partial charge in [-0.1, -0.05) is 0 Å². The van der Waals surface area contributed by atoms with E-state index in [0.29, 0.717) is 23.9 Å². The zero-order chi connectivity index (χ0) is 15.5. The minimum atomic E-state index is -3.50. The fraction of sp³-hybridized carbons (Fsp3) is 0.615. The van der Waals surface area contributed by atoms with Gasteiger partial charge in [-0.15, -0.1) is 11.3 Å². The predicted octanol–water partition coefficient (Wildman–Crippen LogP) is 0.995. The number of carbonyl (C=O) groups is 1. The lowest BCUT2D eigenvalue weighted by Gasteiger charge is -2.31. The Hall–Kier alpha value is -0.960. The van der Waals surface area contributed by atoms with Crippen LogP contribution in [0.4, 0.5) is 0 Å². The van der Waals surface area contributed by atoms with Gasteiger partial charge >= 0.3 is 5.97 Å². The van der Waals surface area contributed by atoms with Crippen LogP contribution in [0, 0.1) is 5.92 Å². The van der Waals surface area contributed by atoms with Crippen molar-refractivity contribution in [2.24, 2.45) is 5.92 Å². The summed E-state index contributed by atoms with van der Waals surface area (Å²) in [5.74, 6) is -0.621. The first kappa shape index (κ1) is 16.4. The maximum absolute atomic E-state index is 12.6. The van der Waals surface area contributed by atoms with E-state index in [-0.39, 0.29) is 10.6 Å². The van der Waals surface area contributed by atoms with Crippen molar-refractivity contribution < 1.29 is 18.3 Å². The number of hydrogen-bond acceptors (Lipinski definition) is 5. The van der Waals surface area contributed by atoms with Crippen molar-refractivity contribution in [2.75, 3.05) is 26.7 Å². The summed E-state index contributed by atoms with van der Waals surface area (Å²) in [7, 11) is -1.63. The number of carboxylic acids is 1. The molecular weight excluding hydrogens is 312 g/mol. The standard InChI is InChI=1S/C13H20N2O4S2/c1-14-8-10-3-2-6-15(9-10)21(18,19)13-5-4-11(20-13)7-12(16)17/h4-5,10,14H,2-3,6-9H2,1H3,(H,16,17). The van der Waals surface area contributed by atoms with Crippen molar-refractivity contribution in [1.82, 2.24) is 9.62 Å². The Labute approximate surface area is 128 Å². The molecule has 1 aliphatic rings. The zero-order valence-electron chi connectivity index (χ0n) is 11.9. The smallest absolute Gasteiger partial charge is 0.308 e. The molecule has 21 heavy (non-hydrogen) atoms. The van der Waals surface area contributed by atoms with E-state index >= 15 is 0 Å². The van der Waals surface area contributed by atoms with E-state index in [4.69, 9.17) is 5.11 Å². The van der Waals surface area contributed by atoms with Crippen LogP contribution in [0.3, 0.4) is 0 Å². The summed E-state index contributed by atoms with van der Waals surface area (Å²) in [5.41, 5.74) is 0. The van der Waals surface area contributed by atoms with Crippen LogP contribution in [-0.4, -0.2) is 50.5 Å². The third kappa shape index (κ3) is 4.03. The summed E-state index contributed by atoms with van der Waals surface area (Å²) in [5, 5.41) is 11.9. The normalized spacial score (nSPS) is 20.5. The lowest BCUT2D eigenvalue weighted by molar-refractivity contribution is -0.136. The summed E-state index contributed by atoms with van der Waals surface area (Å²) >= 11 is 1.05. The van der Waals surface area contributed by atoms with E-state index < -0.39 is 16.0 Å². The Bertz CT molecular complexity index is 595. The van der Waals surface area contributed by atoms with E-state index in [0.717, 1.165) is 30.7 Å². The van der Waals surface area contributed by atoms with Crippen LogP contribution < -0.4 is 5.32 Å². The van der Waals surface area contributed by atoms with Crippen LogP contribution in [0.1, 0.15) is 17.7 Å².